The zero-order valence-electron chi connectivity index (χ0n) is 17.4. The third-order valence-electron chi connectivity index (χ3n) is 4.51. The van der Waals surface area contributed by atoms with E-state index in [9.17, 15) is 4.79 Å². The van der Waals surface area contributed by atoms with Crippen LogP contribution in [0.4, 0.5) is 0 Å². The average Bonchev–Trinajstić information content (AvgIpc) is 2.57. The first-order valence-corrected chi connectivity index (χ1v) is 11.0. The number of hydrogen-bond donors (Lipinski definition) is 0. The van der Waals surface area contributed by atoms with Crippen LogP contribution in [0.5, 0.6) is 0 Å². The number of rotatable bonds is 18. The van der Waals surface area contributed by atoms with Gasteiger partial charge in [0.2, 0.25) is 0 Å². The Bertz CT molecular complexity index is 307. The maximum atomic E-state index is 11.4. The molecule has 0 radical (unpaired) electrons. The van der Waals surface area contributed by atoms with Crippen LogP contribution in [0.15, 0.2) is 12.2 Å². The molecule has 2 heteroatoms. The molecule has 25 heavy (non-hydrogen) atoms. The van der Waals surface area contributed by atoms with Gasteiger partial charge < -0.3 is 4.74 Å². The predicted octanol–water partition coefficient (Wildman–Crippen LogP) is 7.76. The standard InChI is InChI=1S/C23H44O2/c1-4-5-6-7-8-9-10-11-12-13-14-15-16-17-18-19-20-21-23(24)25-22(2)3/h11-12,22H,4-10,13-21H2,1-3H3. The fraction of sp³-hybridized carbons (Fsp3) is 0.870. The van der Waals surface area contributed by atoms with Gasteiger partial charge in [0.05, 0.1) is 6.10 Å². The van der Waals surface area contributed by atoms with Crippen LogP contribution in [-0.4, -0.2) is 12.1 Å². The van der Waals surface area contributed by atoms with E-state index in [1.165, 1.54) is 83.5 Å². The van der Waals surface area contributed by atoms with Crippen molar-refractivity contribution in [2.24, 2.45) is 0 Å². The molecule has 0 unspecified atom stereocenters. The van der Waals surface area contributed by atoms with Crippen molar-refractivity contribution in [3.05, 3.63) is 12.2 Å². The van der Waals surface area contributed by atoms with Gasteiger partial charge in [-0.3, -0.25) is 4.79 Å². The number of carbonyl (C=O) groups is 1. The maximum Gasteiger partial charge on any atom is 0.306 e. The normalized spacial score (nSPS) is 11.5. The molecular weight excluding hydrogens is 308 g/mol. The van der Waals surface area contributed by atoms with Gasteiger partial charge in [-0.15, -0.1) is 0 Å². The minimum Gasteiger partial charge on any atom is -0.463 e. The molecule has 2 nitrogen and oxygen atoms in total. The Labute approximate surface area is 157 Å². The van der Waals surface area contributed by atoms with Crippen LogP contribution in [0.25, 0.3) is 0 Å². The summed E-state index contributed by atoms with van der Waals surface area (Å²) in [4.78, 5) is 11.4. The number of esters is 1. The van der Waals surface area contributed by atoms with Crippen molar-refractivity contribution in [2.45, 2.75) is 130 Å². The van der Waals surface area contributed by atoms with Crippen LogP contribution in [0.3, 0.4) is 0 Å². The van der Waals surface area contributed by atoms with E-state index >= 15 is 0 Å². The molecule has 0 rings (SSSR count). The molecule has 0 atom stereocenters. The smallest absolute Gasteiger partial charge is 0.306 e. The quantitative estimate of drug-likeness (QED) is 0.143. The molecule has 0 aromatic rings. The summed E-state index contributed by atoms with van der Waals surface area (Å²) in [5, 5.41) is 0. The van der Waals surface area contributed by atoms with E-state index in [2.05, 4.69) is 19.1 Å². The van der Waals surface area contributed by atoms with Crippen molar-refractivity contribution in [3.63, 3.8) is 0 Å². The van der Waals surface area contributed by atoms with E-state index in [1.54, 1.807) is 0 Å². The highest BCUT2D eigenvalue weighted by molar-refractivity contribution is 5.69. The third kappa shape index (κ3) is 21.2. The number of allylic oxidation sites excluding steroid dienone is 2. The highest BCUT2D eigenvalue weighted by Crippen LogP contribution is 2.11. The van der Waals surface area contributed by atoms with Gasteiger partial charge in [-0.05, 0) is 46.0 Å². The Hall–Kier alpha value is -0.790. The average molecular weight is 353 g/mol. The molecule has 0 amide bonds. The maximum absolute atomic E-state index is 11.4. The fourth-order valence-corrected chi connectivity index (χ4v) is 3.02. The number of unbranched alkanes of at least 4 members (excludes halogenated alkanes) is 13. The summed E-state index contributed by atoms with van der Waals surface area (Å²) < 4.78 is 5.13. The molecule has 0 aromatic carbocycles. The first kappa shape index (κ1) is 24.2. The first-order valence-electron chi connectivity index (χ1n) is 11.0. The van der Waals surface area contributed by atoms with Crippen LogP contribution in [0.2, 0.25) is 0 Å². The third-order valence-corrected chi connectivity index (χ3v) is 4.51. The molecule has 0 spiro atoms. The van der Waals surface area contributed by atoms with Gasteiger partial charge in [-0.2, -0.15) is 0 Å². The highest BCUT2D eigenvalue weighted by atomic mass is 16.5. The summed E-state index contributed by atoms with van der Waals surface area (Å²) in [7, 11) is 0. The molecule has 0 saturated carbocycles. The summed E-state index contributed by atoms with van der Waals surface area (Å²) >= 11 is 0. The Morgan fingerprint density at radius 1 is 0.720 bits per heavy atom. The predicted molar refractivity (Wildman–Crippen MR) is 110 cm³/mol. The molecule has 0 aromatic heterocycles. The monoisotopic (exact) mass is 352 g/mol. The van der Waals surface area contributed by atoms with E-state index in [1.807, 2.05) is 13.8 Å². The van der Waals surface area contributed by atoms with Gasteiger partial charge in [0, 0.05) is 6.42 Å². The molecule has 0 heterocycles. The molecule has 0 aliphatic rings. The second-order valence-electron chi connectivity index (χ2n) is 7.58. The topological polar surface area (TPSA) is 26.3 Å². The van der Waals surface area contributed by atoms with Crippen molar-refractivity contribution in [3.8, 4) is 0 Å². The van der Waals surface area contributed by atoms with Gasteiger partial charge >= 0.3 is 5.97 Å². The summed E-state index contributed by atoms with van der Waals surface area (Å²) in [6.45, 7) is 6.08. The van der Waals surface area contributed by atoms with E-state index in [-0.39, 0.29) is 12.1 Å². The zero-order chi connectivity index (χ0) is 18.6. The Balaban J connectivity index is 3.16. The van der Waals surface area contributed by atoms with Crippen LogP contribution in [0, 0.1) is 0 Å². The van der Waals surface area contributed by atoms with E-state index in [0.717, 1.165) is 12.8 Å². The van der Waals surface area contributed by atoms with E-state index < -0.39 is 0 Å². The largest absolute Gasteiger partial charge is 0.463 e. The molecule has 0 aliphatic heterocycles. The van der Waals surface area contributed by atoms with Crippen molar-refractivity contribution in [1.29, 1.82) is 0 Å². The van der Waals surface area contributed by atoms with Crippen LogP contribution in [-0.2, 0) is 9.53 Å². The molecule has 0 N–H and O–H groups in total. The van der Waals surface area contributed by atoms with E-state index in [0.29, 0.717) is 6.42 Å². The van der Waals surface area contributed by atoms with Crippen LogP contribution < -0.4 is 0 Å². The van der Waals surface area contributed by atoms with Crippen molar-refractivity contribution < 1.29 is 9.53 Å². The van der Waals surface area contributed by atoms with Gasteiger partial charge in [0.25, 0.3) is 0 Å². The molecular formula is C23H44O2. The van der Waals surface area contributed by atoms with Crippen molar-refractivity contribution >= 4 is 5.97 Å². The second kappa shape index (κ2) is 19.5. The summed E-state index contributed by atoms with van der Waals surface area (Å²) in [5.74, 6) is -0.0391. The number of carbonyl (C=O) groups excluding carboxylic acids is 1. The van der Waals surface area contributed by atoms with Gasteiger partial charge in [0.15, 0.2) is 0 Å². The molecule has 0 fully saturated rings. The fourth-order valence-electron chi connectivity index (χ4n) is 3.02. The summed E-state index contributed by atoms with van der Waals surface area (Å²) in [5.41, 5.74) is 0. The van der Waals surface area contributed by atoms with Gasteiger partial charge in [0.1, 0.15) is 0 Å². The Kier molecular flexibility index (Phi) is 18.9. The minimum absolute atomic E-state index is 0.0207. The van der Waals surface area contributed by atoms with Gasteiger partial charge in [-0.1, -0.05) is 83.3 Å². The molecule has 0 bridgehead atoms. The van der Waals surface area contributed by atoms with Crippen molar-refractivity contribution in [1.82, 2.24) is 0 Å². The molecule has 0 saturated heterocycles. The highest BCUT2D eigenvalue weighted by Gasteiger charge is 2.04. The van der Waals surface area contributed by atoms with Crippen molar-refractivity contribution in [2.75, 3.05) is 0 Å². The zero-order valence-corrected chi connectivity index (χ0v) is 17.4. The van der Waals surface area contributed by atoms with Crippen LogP contribution in [0.1, 0.15) is 124 Å². The lowest BCUT2D eigenvalue weighted by atomic mass is 10.1. The lowest BCUT2D eigenvalue weighted by Crippen LogP contribution is -2.10. The first-order chi connectivity index (χ1) is 12.2. The Morgan fingerprint density at radius 2 is 1.16 bits per heavy atom. The lowest BCUT2D eigenvalue weighted by molar-refractivity contribution is -0.147. The second-order valence-corrected chi connectivity index (χ2v) is 7.58. The van der Waals surface area contributed by atoms with E-state index in [4.69, 9.17) is 4.74 Å². The molecule has 0 aliphatic carbocycles. The van der Waals surface area contributed by atoms with Gasteiger partial charge in [-0.25, -0.2) is 0 Å². The lowest BCUT2D eigenvalue weighted by Gasteiger charge is -2.07. The molecule has 148 valence electrons. The SMILES string of the molecule is CCCCCCCCC=CCCCCCCCCCC(=O)OC(C)C. The number of hydrogen-bond acceptors (Lipinski definition) is 2. The summed E-state index contributed by atoms with van der Waals surface area (Å²) in [6, 6.07) is 0. The number of ether oxygens (including phenoxy) is 1. The minimum atomic E-state index is -0.0391. The Morgan fingerprint density at radius 3 is 1.64 bits per heavy atom. The van der Waals surface area contributed by atoms with Crippen LogP contribution >= 0.6 is 0 Å². The summed E-state index contributed by atoms with van der Waals surface area (Å²) in [6.07, 6.45) is 24.9.